The van der Waals surface area contributed by atoms with Crippen molar-refractivity contribution in [3.05, 3.63) is 30.1 Å². The monoisotopic (exact) mass is 266 g/mol. The second kappa shape index (κ2) is 7.74. The van der Waals surface area contributed by atoms with Gasteiger partial charge in [-0.25, -0.2) is 4.39 Å². The van der Waals surface area contributed by atoms with Gasteiger partial charge >= 0.3 is 0 Å². The molecule has 106 valence electrons. The van der Waals surface area contributed by atoms with E-state index < -0.39 is 0 Å². The Kier molecular flexibility index (Phi) is 6.29. The molecule has 0 amide bonds. The molecule has 1 atom stereocenters. The summed E-state index contributed by atoms with van der Waals surface area (Å²) in [5.74, 6) is 0.0837. The second-order valence-electron chi connectivity index (χ2n) is 4.64. The maximum absolute atomic E-state index is 12.7. The van der Waals surface area contributed by atoms with Gasteiger partial charge in [-0.15, -0.1) is 0 Å². The maximum atomic E-state index is 12.7. The number of rotatable bonds is 6. The molecule has 0 spiro atoms. The number of anilines is 1. The maximum Gasteiger partial charge on any atom is 0.193 e. The minimum Gasteiger partial charge on any atom is -0.370 e. The van der Waals surface area contributed by atoms with Crippen LogP contribution in [0.1, 0.15) is 20.3 Å². The highest BCUT2D eigenvalue weighted by molar-refractivity contribution is 5.92. The molecule has 3 N–H and O–H groups in total. The van der Waals surface area contributed by atoms with Crippen LogP contribution in [0.3, 0.4) is 0 Å². The number of nitrogens with zero attached hydrogens (tertiary/aromatic N) is 2. The van der Waals surface area contributed by atoms with Crippen molar-refractivity contribution in [3.63, 3.8) is 0 Å². The van der Waals surface area contributed by atoms with E-state index >= 15 is 0 Å². The van der Waals surface area contributed by atoms with E-state index in [-0.39, 0.29) is 5.82 Å². The van der Waals surface area contributed by atoms with Gasteiger partial charge in [0, 0.05) is 18.3 Å². The summed E-state index contributed by atoms with van der Waals surface area (Å²) in [5.41, 5.74) is 6.50. The van der Waals surface area contributed by atoms with Crippen LogP contribution in [0.15, 0.2) is 29.3 Å². The smallest absolute Gasteiger partial charge is 0.193 e. The third-order valence-electron chi connectivity index (χ3n) is 3.19. The van der Waals surface area contributed by atoms with Crippen LogP contribution in [0.4, 0.5) is 10.1 Å². The Hall–Kier alpha value is -1.62. The first-order chi connectivity index (χ1) is 9.02. The zero-order valence-electron chi connectivity index (χ0n) is 11.9. The summed E-state index contributed by atoms with van der Waals surface area (Å²) in [4.78, 5) is 6.49. The standard InChI is InChI=1S/C14H23FN4/c1-4-11(2)19(3)10-9-17-14(16)18-13-7-5-12(15)6-8-13/h5-8,11H,4,9-10H2,1-3H3,(H3,16,17,18)/t11-/m1/s1. The van der Waals surface area contributed by atoms with Crippen LogP contribution in [0.5, 0.6) is 0 Å². The molecule has 0 aromatic heterocycles. The molecule has 0 saturated carbocycles. The predicted molar refractivity (Wildman–Crippen MR) is 78.9 cm³/mol. The molecular formula is C14H23FN4. The molecule has 19 heavy (non-hydrogen) atoms. The van der Waals surface area contributed by atoms with Gasteiger partial charge in [0.25, 0.3) is 0 Å². The van der Waals surface area contributed by atoms with E-state index in [9.17, 15) is 4.39 Å². The van der Waals surface area contributed by atoms with E-state index in [0.29, 0.717) is 18.5 Å². The lowest BCUT2D eigenvalue weighted by Gasteiger charge is -2.22. The topological polar surface area (TPSA) is 53.6 Å². The summed E-state index contributed by atoms with van der Waals surface area (Å²) < 4.78 is 12.7. The second-order valence-corrected chi connectivity index (χ2v) is 4.64. The molecular weight excluding hydrogens is 243 g/mol. The van der Waals surface area contributed by atoms with Crippen molar-refractivity contribution in [1.82, 2.24) is 4.90 Å². The molecule has 1 aromatic rings. The van der Waals surface area contributed by atoms with Gasteiger partial charge in [0.1, 0.15) is 5.82 Å². The number of hydrogen-bond acceptors (Lipinski definition) is 2. The minimum atomic E-state index is -0.267. The third kappa shape index (κ3) is 5.70. The third-order valence-corrected chi connectivity index (χ3v) is 3.19. The molecule has 0 aliphatic heterocycles. The fourth-order valence-corrected chi connectivity index (χ4v) is 1.58. The fraction of sp³-hybridized carbons (Fsp3) is 0.500. The summed E-state index contributed by atoms with van der Waals surface area (Å²) in [6.07, 6.45) is 1.11. The lowest BCUT2D eigenvalue weighted by molar-refractivity contribution is 0.259. The largest absolute Gasteiger partial charge is 0.370 e. The van der Waals surface area contributed by atoms with Crippen LogP contribution in [-0.4, -0.2) is 37.0 Å². The summed E-state index contributed by atoms with van der Waals surface area (Å²) >= 11 is 0. The van der Waals surface area contributed by atoms with Crippen LogP contribution in [0.2, 0.25) is 0 Å². The van der Waals surface area contributed by atoms with Gasteiger partial charge in [-0.05, 0) is 44.7 Å². The average Bonchev–Trinajstić information content (AvgIpc) is 2.40. The van der Waals surface area contributed by atoms with Gasteiger partial charge in [0.15, 0.2) is 5.96 Å². The van der Waals surface area contributed by atoms with Crippen LogP contribution < -0.4 is 11.1 Å². The van der Waals surface area contributed by atoms with Crippen molar-refractivity contribution in [2.45, 2.75) is 26.3 Å². The first kappa shape index (κ1) is 15.4. The highest BCUT2D eigenvalue weighted by Crippen LogP contribution is 2.07. The van der Waals surface area contributed by atoms with E-state index in [4.69, 9.17) is 5.73 Å². The summed E-state index contributed by atoms with van der Waals surface area (Å²) in [6.45, 7) is 5.85. The average molecular weight is 266 g/mol. The zero-order valence-corrected chi connectivity index (χ0v) is 11.9. The first-order valence-electron chi connectivity index (χ1n) is 6.55. The van der Waals surface area contributed by atoms with Crippen molar-refractivity contribution in [3.8, 4) is 0 Å². The Morgan fingerprint density at radius 2 is 2.05 bits per heavy atom. The fourth-order valence-electron chi connectivity index (χ4n) is 1.58. The number of likely N-dealkylation sites (N-methyl/N-ethyl adjacent to an activating group) is 1. The normalized spacial score (nSPS) is 13.6. The van der Waals surface area contributed by atoms with Gasteiger partial charge in [0.2, 0.25) is 0 Å². The Bertz CT molecular complexity index is 402. The van der Waals surface area contributed by atoms with Crippen LogP contribution in [0, 0.1) is 5.82 Å². The zero-order chi connectivity index (χ0) is 14.3. The van der Waals surface area contributed by atoms with Crippen molar-refractivity contribution in [2.75, 3.05) is 25.5 Å². The number of guanidine groups is 1. The molecule has 0 radical (unpaired) electrons. The highest BCUT2D eigenvalue weighted by atomic mass is 19.1. The number of benzene rings is 1. The van der Waals surface area contributed by atoms with Gasteiger partial charge in [-0.3, -0.25) is 4.99 Å². The van der Waals surface area contributed by atoms with E-state index in [1.807, 2.05) is 0 Å². The minimum absolute atomic E-state index is 0.267. The van der Waals surface area contributed by atoms with E-state index in [2.05, 4.69) is 36.1 Å². The predicted octanol–water partition coefficient (Wildman–Crippen LogP) is 2.28. The van der Waals surface area contributed by atoms with Crippen molar-refractivity contribution in [1.29, 1.82) is 0 Å². The molecule has 0 bridgehead atoms. The lowest BCUT2D eigenvalue weighted by Crippen LogP contribution is -2.31. The Morgan fingerprint density at radius 3 is 2.63 bits per heavy atom. The van der Waals surface area contributed by atoms with E-state index in [1.165, 1.54) is 12.1 Å². The van der Waals surface area contributed by atoms with E-state index in [0.717, 1.165) is 18.7 Å². The summed E-state index contributed by atoms with van der Waals surface area (Å²) in [5, 5.41) is 2.93. The Morgan fingerprint density at radius 1 is 1.42 bits per heavy atom. The van der Waals surface area contributed by atoms with Crippen LogP contribution >= 0.6 is 0 Å². The Labute approximate surface area is 114 Å². The number of nitrogens with two attached hydrogens (primary N) is 1. The van der Waals surface area contributed by atoms with Gasteiger partial charge in [-0.1, -0.05) is 6.92 Å². The van der Waals surface area contributed by atoms with Crippen molar-refractivity contribution in [2.24, 2.45) is 10.7 Å². The highest BCUT2D eigenvalue weighted by Gasteiger charge is 2.05. The molecule has 1 aromatic carbocycles. The molecule has 0 saturated heterocycles. The molecule has 0 unspecified atom stereocenters. The molecule has 0 aliphatic rings. The number of nitrogens with one attached hydrogen (secondary N) is 1. The Balaban J connectivity index is 2.39. The number of hydrogen-bond donors (Lipinski definition) is 2. The molecule has 0 fully saturated rings. The number of aliphatic imine (C=N–C) groups is 1. The lowest BCUT2D eigenvalue weighted by atomic mass is 10.2. The van der Waals surface area contributed by atoms with Crippen molar-refractivity contribution < 1.29 is 4.39 Å². The van der Waals surface area contributed by atoms with Gasteiger partial charge in [0.05, 0.1) is 6.54 Å². The summed E-state index contributed by atoms with van der Waals surface area (Å²) in [7, 11) is 2.08. The number of halogens is 1. The summed E-state index contributed by atoms with van der Waals surface area (Å²) in [6, 6.07) is 6.56. The van der Waals surface area contributed by atoms with Gasteiger partial charge in [-0.2, -0.15) is 0 Å². The molecule has 0 heterocycles. The SMILES string of the molecule is CC[C@@H](C)N(C)CCN=C(N)Nc1ccc(F)cc1. The van der Waals surface area contributed by atoms with Crippen LogP contribution in [-0.2, 0) is 0 Å². The quantitative estimate of drug-likeness (QED) is 0.613. The first-order valence-corrected chi connectivity index (χ1v) is 6.55. The molecule has 1 rings (SSSR count). The van der Waals surface area contributed by atoms with E-state index in [1.54, 1.807) is 12.1 Å². The molecule has 5 heteroatoms. The molecule has 4 nitrogen and oxygen atoms in total. The van der Waals surface area contributed by atoms with Crippen molar-refractivity contribution >= 4 is 11.6 Å². The van der Waals surface area contributed by atoms with Gasteiger partial charge < -0.3 is 16.0 Å². The van der Waals surface area contributed by atoms with Crippen LogP contribution in [0.25, 0.3) is 0 Å². The molecule has 0 aliphatic carbocycles.